The van der Waals surface area contributed by atoms with Gasteiger partial charge in [0, 0.05) is 21.8 Å². The molecule has 0 fully saturated rings. The van der Waals surface area contributed by atoms with Gasteiger partial charge in [0.05, 0.1) is 26.1 Å². The molecule has 0 amide bonds. The molecule has 0 atom stereocenters. The first-order chi connectivity index (χ1) is 10.1. The van der Waals surface area contributed by atoms with Gasteiger partial charge in [-0.15, -0.1) is 11.3 Å². The van der Waals surface area contributed by atoms with E-state index in [0.717, 1.165) is 26.2 Å². The van der Waals surface area contributed by atoms with Crippen molar-refractivity contribution in [2.24, 2.45) is 0 Å². The van der Waals surface area contributed by atoms with Gasteiger partial charge < -0.3 is 0 Å². The fourth-order valence-corrected chi connectivity index (χ4v) is 3.71. The summed E-state index contributed by atoms with van der Waals surface area (Å²) in [6.45, 7) is 0. The fourth-order valence-electron chi connectivity index (χ4n) is 1.90. The van der Waals surface area contributed by atoms with Crippen molar-refractivity contribution in [1.29, 1.82) is 0 Å². The number of benzene rings is 1. The van der Waals surface area contributed by atoms with E-state index in [2.05, 4.69) is 25.9 Å². The summed E-state index contributed by atoms with van der Waals surface area (Å²) in [6.07, 6.45) is 1.64. The predicted octanol–water partition coefficient (Wildman–Crippen LogP) is 6.59. The van der Waals surface area contributed by atoms with E-state index in [9.17, 15) is 0 Å². The van der Waals surface area contributed by atoms with Gasteiger partial charge in [-0.05, 0) is 28.1 Å². The second-order valence-corrected chi connectivity index (χ2v) is 7.04. The van der Waals surface area contributed by atoms with Gasteiger partial charge in [0.15, 0.2) is 0 Å². The van der Waals surface area contributed by atoms with E-state index in [1.807, 2.05) is 18.2 Å². The minimum Gasteiger partial charge on any atom is -0.244 e. The zero-order valence-corrected chi connectivity index (χ0v) is 14.9. The first-order valence-electron chi connectivity index (χ1n) is 5.77. The number of hydrogen-bond acceptors (Lipinski definition) is 3. The van der Waals surface area contributed by atoms with E-state index in [1.165, 1.54) is 11.3 Å². The molecule has 0 spiro atoms. The predicted molar refractivity (Wildman–Crippen MR) is 93.5 cm³/mol. The summed E-state index contributed by atoms with van der Waals surface area (Å²) in [5.74, 6) is 0. The third-order valence-corrected chi connectivity index (χ3v) is 5.24. The average molecular weight is 421 g/mol. The Balaban J connectivity index is 2.22. The number of hydrogen-bond donors (Lipinski definition) is 0. The largest absolute Gasteiger partial charge is 0.244 e. The van der Waals surface area contributed by atoms with E-state index in [4.69, 9.17) is 34.8 Å². The van der Waals surface area contributed by atoms with E-state index in [-0.39, 0.29) is 0 Å². The molecule has 2 heterocycles. The summed E-state index contributed by atoms with van der Waals surface area (Å²) < 4.78 is 0.832. The molecule has 21 heavy (non-hydrogen) atoms. The van der Waals surface area contributed by atoms with Crippen LogP contribution in [-0.4, -0.2) is 9.97 Å². The Labute approximate surface area is 148 Å². The molecule has 7 heteroatoms. The Morgan fingerprint density at radius 3 is 2.67 bits per heavy atom. The van der Waals surface area contributed by atoms with Crippen molar-refractivity contribution in [2.75, 3.05) is 0 Å². The van der Waals surface area contributed by atoms with Crippen LogP contribution in [0, 0.1) is 0 Å². The van der Waals surface area contributed by atoms with Crippen molar-refractivity contribution in [3.05, 3.63) is 55.6 Å². The van der Waals surface area contributed by atoms with Crippen molar-refractivity contribution >= 4 is 62.1 Å². The monoisotopic (exact) mass is 418 g/mol. The van der Waals surface area contributed by atoms with Gasteiger partial charge in [0.2, 0.25) is 0 Å². The van der Waals surface area contributed by atoms with Gasteiger partial charge in [-0.25, -0.2) is 9.97 Å². The maximum absolute atomic E-state index is 6.30. The van der Waals surface area contributed by atoms with Crippen LogP contribution in [0.3, 0.4) is 0 Å². The third kappa shape index (κ3) is 2.96. The highest BCUT2D eigenvalue weighted by Gasteiger charge is 2.17. The molecule has 0 aliphatic heterocycles. The molecule has 2 aromatic heterocycles. The molecule has 0 radical (unpaired) electrons. The lowest BCUT2D eigenvalue weighted by Gasteiger charge is -2.07. The lowest BCUT2D eigenvalue weighted by Crippen LogP contribution is -1.87. The normalized spacial score (nSPS) is 10.9. The van der Waals surface area contributed by atoms with Gasteiger partial charge in [0.25, 0.3) is 0 Å². The molecule has 1 aromatic carbocycles. The molecule has 0 N–H and O–H groups in total. The first kappa shape index (κ1) is 15.3. The van der Waals surface area contributed by atoms with Crippen LogP contribution >= 0.6 is 62.1 Å². The van der Waals surface area contributed by atoms with Crippen LogP contribution in [0.4, 0.5) is 0 Å². The SMILES string of the molecule is Clc1cccc(-c2scnc2-c2cc(Br)cnc2Cl)c1Cl. The molecule has 0 bridgehead atoms. The fraction of sp³-hybridized carbons (Fsp3) is 0. The molecule has 0 unspecified atom stereocenters. The Morgan fingerprint density at radius 2 is 1.86 bits per heavy atom. The van der Waals surface area contributed by atoms with Gasteiger partial charge >= 0.3 is 0 Å². The van der Waals surface area contributed by atoms with Gasteiger partial charge in [-0.2, -0.15) is 0 Å². The van der Waals surface area contributed by atoms with Crippen molar-refractivity contribution < 1.29 is 0 Å². The summed E-state index contributed by atoms with van der Waals surface area (Å²) in [4.78, 5) is 9.45. The highest BCUT2D eigenvalue weighted by Crippen LogP contribution is 2.42. The van der Waals surface area contributed by atoms with Crippen LogP contribution in [0.15, 0.2) is 40.4 Å². The molecular formula is C14H6BrCl3N2S. The lowest BCUT2D eigenvalue weighted by atomic mass is 10.1. The van der Waals surface area contributed by atoms with Crippen LogP contribution in [0.25, 0.3) is 21.7 Å². The van der Waals surface area contributed by atoms with Crippen molar-refractivity contribution in [2.45, 2.75) is 0 Å². The maximum Gasteiger partial charge on any atom is 0.138 e. The lowest BCUT2D eigenvalue weighted by molar-refractivity contribution is 1.29. The maximum atomic E-state index is 6.30. The molecular weight excluding hydrogens is 414 g/mol. The van der Waals surface area contributed by atoms with Crippen LogP contribution in [-0.2, 0) is 0 Å². The Morgan fingerprint density at radius 1 is 1.05 bits per heavy atom. The highest BCUT2D eigenvalue weighted by molar-refractivity contribution is 9.10. The summed E-state index contributed by atoms with van der Waals surface area (Å²) in [6, 6.07) is 7.40. The van der Waals surface area contributed by atoms with E-state index in [0.29, 0.717) is 15.2 Å². The average Bonchev–Trinajstić information content (AvgIpc) is 2.93. The van der Waals surface area contributed by atoms with Crippen LogP contribution in [0.1, 0.15) is 0 Å². The quantitative estimate of drug-likeness (QED) is 0.437. The molecule has 0 saturated heterocycles. The minimum absolute atomic E-state index is 0.392. The molecule has 106 valence electrons. The van der Waals surface area contributed by atoms with E-state index < -0.39 is 0 Å². The zero-order valence-electron chi connectivity index (χ0n) is 10.3. The van der Waals surface area contributed by atoms with Gasteiger partial charge in [-0.1, -0.05) is 46.9 Å². The number of halogens is 4. The van der Waals surface area contributed by atoms with Crippen LogP contribution in [0.5, 0.6) is 0 Å². The third-order valence-electron chi connectivity index (χ3n) is 2.82. The van der Waals surface area contributed by atoms with E-state index in [1.54, 1.807) is 17.8 Å². The summed E-state index contributed by atoms with van der Waals surface area (Å²) in [5, 5.41) is 1.40. The highest BCUT2D eigenvalue weighted by atomic mass is 79.9. The first-order valence-corrected chi connectivity index (χ1v) is 8.58. The smallest absolute Gasteiger partial charge is 0.138 e. The molecule has 0 saturated carbocycles. The molecule has 2 nitrogen and oxygen atoms in total. The van der Waals surface area contributed by atoms with Crippen LogP contribution in [0.2, 0.25) is 15.2 Å². The molecule has 0 aliphatic rings. The molecule has 3 aromatic rings. The summed E-state index contributed by atoms with van der Waals surface area (Å²) in [5.41, 5.74) is 4.07. The van der Waals surface area contributed by atoms with Crippen molar-refractivity contribution in [3.63, 3.8) is 0 Å². The van der Waals surface area contributed by atoms with Gasteiger partial charge in [-0.3, -0.25) is 0 Å². The number of nitrogens with zero attached hydrogens (tertiary/aromatic N) is 2. The topological polar surface area (TPSA) is 25.8 Å². The summed E-state index contributed by atoms with van der Waals surface area (Å²) in [7, 11) is 0. The summed E-state index contributed by atoms with van der Waals surface area (Å²) >= 11 is 23.5. The van der Waals surface area contributed by atoms with Crippen LogP contribution < -0.4 is 0 Å². The standard InChI is InChI=1S/C14H6BrCl3N2S/c15-7-4-9(14(18)19-5-7)12-13(21-6-20-12)8-2-1-3-10(16)11(8)17/h1-6H. The molecule has 3 rings (SSSR count). The second kappa shape index (κ2) is 6.23. The Kier molecular flexibility index (Phi) is 4.52. The van der Waals surface area contributed by atoms with Crippen molar-refractivity contribution in [1.82, 2.24) is 9.97 Å². The van der Waals surface area contributed by atoms with E-state index >= 15 is 0 Å². The molecule has 0 aliphatic carbocycles. The number of aromatic nitrogens is 2. The number of pyridine rings is 1. The second-order valence-electron chi connectivity index (χ2n) is 4.12. The number of thiazole rings is 1. The Hall–Kier alpha value is -0.650. The Bertz CT molecular complexity index is 803. The zero-order chi connectivity index (χ0) is 15.0. The van der Waals surface area contributed by atoms with Gasteiger partial charge in [0.1, 0.15) is 5.15 Å². The van der Waals surface area contributed by atoms with Crippen molar-refractivity contribution in [3.8, 4) is 21.7 Å². The minimum atomic E-state index is 0.392. The number of rotatable bonds is 2.